The molecule has 0 unspecified atom stereocenters. The average Bonchev–Trinajstić information content (AvgIpc) is 2.67. The van der Waals surface area contributed by atoms with Crippen molar-refractivity contribution in [2.45, 2.75) is 19.8 Å². The minimum absolute atomic E-state index is 0.00538. The predicted octanol–water partition coefficient (Wildman–Crippen LogP) is 3.55. The first-order valence-corrected chi connectivity index (χ1v) is 8.90. The van der Waals surface area contributed by atoms with Crippen molar-refractivity contribution in [1.82, 2.24) is 9.80 Å². The van der Waals surface area contributed by atoms with Crippen LogP contribution in [-0.2, 0) is 0 Å². The number of halogens is 1. The summed E-state index contributed by atoms with van der Waals surface area (Å²) in [5.41, 5.74) is 2.35. The van der Waals surface area contributed by atoms with Gasteiger partial charge < -0.3 is 9.80 Å². The Bertz CT molecular complexity index is 777. The Hall–Kier alpha value is -2.69. The molecule has 0 radical (unpaired) electrons. The summed E-state index contributed by atoms with van der Waals surface area (Å²) in [4.78, 5) is 28.6. The summed E-state index contributed by atoms with van der Waals surface area (Å²) in [5, 5.41) is 0. The summed E-state index contributed by atoms with van der Waals surface area (Å²) in [7, 11) is 0. The van der Waals surface area contributed by atoms with Crippen LogP contribution < -0.4 is 0 Å². The lowest BCUT2D eigenvalue weighted by atomic mass is 10.0. The summed E-state index contributed by atoms with van der Waals surface area (Å²) in [6, 6.07) is 13.3. The van der Waals surface area contributed by atoms with Crippen molar-refractivity contribution in [1.29, 1.82) is 0 Å². The minimum Gasteiger partial charge on any atom is -0.335 e. The van der Waals surface area contributed by atoms with E-state index in [0.717, 1.165) is 0 Å². The first-order chi connectivity index (χ1) is 12.5. The summed E-state index contributed by atoms with van der Waals surface area (Å²) in [6.45, 7) is 6.19. The van der Waals surface area contributed by atoms with Crippen LogP contribution in [0.4, 0.5) is 4.39 Å². The Morgan fingerprint density at radius 3 is 1.54 bits per heavy atom. The maximum absolute atomic E-state index is 13.0. The van der Waals surface area contributed by atoms with Crippen molar-refractivity contribution in [3.8, 4) is 0 Å². The van der Waals surface area contributed by atoms with Crippen LogP contribution in [-0.4, -0.2) is 47.8 Å². The lowest BCUT2D eigenvalue weighted by Gasteiger charge is -2.35. The van der Waals surface area contributed by atoms with Crippen molar-refractivity contribution in [2.24, 2.45) is 0 Å². The van der Waals surface area contributed by atoms with Crippen LogP contribution >= 0.6 is 0 Å². The molecule has 26 heavy (non-hydrogen) atoms. The van der Waals surface area contributed by atoms with Crippen LogP contribution in [0.3, 0.4) is 0 Å². The van der Waals surface area contributed by atoms with Crippen LogP contribution in [0.25, 0.3) is 0 Å². The van der Waals surface area contributed by atoms with E-state index < -0.39 is 0 Å². The van der Waals surface area contributed by atoms with E-state index in [1.807, 2.05) is 24.3 Å². The van der Waals surface area contributed by atoms with E-state index in [1.165, 1.54) is 29.8 Å². The van der Waals surface area contributed by atoms with Gasteiger partial charge >= 0.3 is 0 Å². The SMILES string of the molecule is CC(C)c1ccc(C(=O)N2CCN(C(=O)c3ccc(F)cc3)CC2)cc1. The lowest BCUT2D eigenvalue weighted by Crippen LogP contribution is -2.50. The molecule has 5 heteroatoms. The standard InChI is InChI=1S/C21H23FN2O2/c1-15(2)16-3-5-17(6-4-16)20(25)23-11-13-24(14-12-23)21(26)18-7-9-19(22)10-8-18/h3-10,15H,11-14H2,1-2H3. The first-order valence-electron chi connectivity index (χ1n) is 8.90. The molecule has 3 rings (SSSR count). The Labute approximate surface area is 153 Å². The molecule has 0 N–H and O–H groups in total. The molecule has 0 atom stereocenters. The van der Waals surface area contributed by atoms with Gasteiger partial charge in [-0.15, -0.1) is 0 Å². The van der Waals surface area contributed by atoms with Gasteiger partial charge in [0.2, 0.25) is 0 Å². The zero-order valence-corrected chi connectivity index (χ0v) is 15.1. The molecule has 0 spiro atoms. The van der Waals surface area contributed by atoms with Gasteiger partial charge in [-0.1, -0.05) is 26.0 Å². The zero-order valence-electron chi connectivity index (χ0n) is 15.1. The lowest BCUT2D eigenvalue weighted by molar-refractivity contribution is 0.0535. The monoisotopic (exact) mass is 354 g/mol. The number of benzene rings is 2. The highest BCUT2D eigenvalue weighted by molar-refractivity contribution is 5.96. The van der Waals surface area contributed by atoms with Crippen molar-refractivity contribution in [2.75, 3.05) is 26.2 Å². The molecular weight excluding hydrogens is 331 g/mol. The highest BCUT2D eigenvalue weighted by Gasteiger charge is 2.25. The Morgan fingerprint density at radius 1 is 0.769 bits per heavy atom. The molecule has 2 amide bonds. The van der Waals surface area contributed by atoms with Gasteiger partial charge in [-0.05, 0) is 47.9 Å². The first kappa shape index (κ1) is 18.1. The smallest absolute Gasteiger partial charge is 0.253 e. The normalized spacial score (nSPS) is 14.6. The maximum atomic E-state index is 13.0. The van der Waals surface area contributed by atoms with Crippen LogP contribution in [0.2, 0.25) is 0 Å². The molecule has 0 aliphatic carbocycles. The van der Waals surface area contributed by atoms with E-state index in [-0.39, 0.29) is 17.6 Å². The molecule has 4 nitrogen and oxygen atoms in total. The van der Waals surface area contributed by atoms with Gasteiger partial charge in [-0.25, -0.2) is 4.39 Å². The van der Waals surface area contributed by atoms with E-state index in [1.54, 1.807) is 9.80 Å². The van der Waals surface area contributed by atoms with E-state index >= 15 is 0 Å². The van der Waals surface area contributed by atoms with Crippen molar-refractivity contribution >= 4 is 11.8 Å². The summed E-state index contributed by atoms with van der Waals surface area (Å²) in [5.74, 6) is -0.0619. The molecule has 136 valence electrons. The fourth-order valence-corrected chi connectivity index (χ4v) is 3.08. The van der Waals surface area contributed by atoms with Gasteiger partial charge in [0.1, 0.15) is 5.82 Å². The quantitative estimate of drug-likeness (QED) is 0.846. The van der Waals surface area contributed by atoms with Gasteiger partial charge in [0, 0.05) is 37.3 Å². The van der Waals surface area contributed by atoms with E-state index in [0.29, 0.717) is 43.2 Å². The van der Waals surface area contributed by atoms with E-state index in [2.05, 4.69) is 13.8 Å². The van der Waals surface area contributed by atoms with E-state index in [9.17, 15) is 14.0 Å². The molecule has 1 aliphatic heterocycles. The highest BCUT2D eigenvalue weighted by atomic mass is 19.1. The van der Waals surface area contributed by atoms with E-state index in [4.69, 9.17) is 0 Å². The van der Waals surface area contributed by atoms with Crippen LogP contribution in [0.5, 0.6) is 0 Å². The predicted molar refractivity (Wildman–Crippen MR) is 98.7 cm³/mol. The second kappa shape index (κ2) is 7.68. The second-order valence-electron chi connectivity index (χ2n) is 6.87. The number of piperazine rings is 1. The third-order valence-electron chi connectivity index (χ3n) is 4.77. The third kappa shape index (κ3) is 3.93. The van der Waals surface area contributed by atoms with Gasteiger partial charge in [0.15, 0.2) is 0 Å². The molecule has 1 fully saturated rings. The Balaban J connectivity index is 1.60. The number of carbonyl (C=O) groups is 2. The molecule has 0 saturated carbocycles. The molecule has 1 saturated heterocycles. The van der Waals surface area contributed by atoms with Crippen molar-refractivity contribution in [3.63, 3.8) is 0 Å². The molecule has 2 aromatic rings. The van der Waals surface area contributed by atoms with Crippen molar-refractivity contribution < 1.29 is 14.0 Å². The summed E-state index contributed by atoms with van der Waals surface area (Å²) < 4.78 is 13.0. The number of hydrogen-bond donors (Lipinski definition) is 0. The Kier molecular flexibility index (Phi) is 5.35. The number of rotatable bonds is 3. The van der Waals surface area contributed by atoms with Gasteiger partial charge in [-0.3, -0.25) is 9.59 Å². The second-order valence-corrected chi connectivity index (χ2v) is 6.87. The molecule has 0 aromatic heterocycles. The van der Waals surface area contributed by atoms with Crippen LogP contribution in [0, 0.1) is 5.82 Å². The summed E-state index contributed by atoms with van der Waals surface area (Å²) >= 11 is 0. The molecular formula is C21H23FN2O2. The van der Waals surface area contributed by atoms with Crippen LogP contribution in [0.1, 0.15) is 46.0 Å². The molecule has 2 aromatic carbocycles. The Morgan fingerprint density at radius 2 is 1.15 bits per heavy atom. The molecule has 1 heterocycles. The van der Waals surface area contributed by atoms with Crippen molar-refractivity contribution in [3.05, 3.63) is 71.0 Å². The fourth-order valence-electron chi connectivity index (χ4n) is 3.08. The summed E-state index contributed by atoms with van der Waals surface area (Å²) in [6.07, 6.45) is 0. The largest absolute Gasteiger partial charge is 0.335 e. The van der Waals surface area contributed by atoms with Gasteiger partial charge in [0.05, 0.1) is 0 Å². The van der Waals surface area contributed by atoms with Gasteiger partial charge in [0.25, 0.3) is 11.8 Å². The fraction of sp³-hybridized carbons (Fsp3) is 0.333. The molecule has 1 aliphatic rings. The topological polar surface area (TPSA) is 40.6 Å². The minimum atomic E-state index is -0.361. The molecule has 0 bridgehead atoms. The highest BCUT2D eigenvalue weighted by Crippen LogP contribution is 2.17. The number of amides is 2. The van der Waals surface area contributed by atoms with Gasteiger partial charge in [-0.2, -0.15) is 0 Å². The zero-order chi connectivity index (χ0) is 18.7. The number of carbonyl (C=O) groups excluding carboxylic acids is 2. The third-order valence-corrected chi connectivity index (χ3v) is 4.77. The van der Waals surface area contributed by atoms with Crippen LogP contribution in [0.15, 0.2) is 48.5 Å². The average molecular weight is 354 g/mol. The number of hydrogen-bond acceptors (Lipinski definition) is 2. The number of nitrogens with zero attached hydrogens (tertiary/aromatic N) is 2. The maximum Gasteiger partial charge on any atom is 0.253 e.